The van der Waals surface area contributed by atoms with Crippen LogP contribution in [0.25, 0.3) is 0 Å². The number of phenols is 1. The van der Waals surface area contributed by atoms with Crippen LogP contribution in [-0.2, 0) is 32.5 Å². The van der Waals surface area contributed by atoms with Crippen molar-refractivity contribution in [2.24, 2.45) is 11.8 Å². The molecule has 0 bridgehead atoms. The third kappa shape index (κ3) is 5.15. The number of carbonyl (C=O) groups is 1. The largest absolute Gasteiger partial charge is 0.504 e. The third-order valence-corrected chi connectivity index (χ3v) is 5.46. The summed E-state index contributed by atoms with van der Waals surface area (Å²) in [5.41, 5.74) is 1.72. The van der Waals surface area contributed by atoms with E-state index in [1.165, 1.54) is 26.4 Å². The summed E-state index contributed by atoms with van der Waals surface area (Å²) in [5, 5.41) is 9.76. The number of benzene rings is 2. The van der Waals surface area contributed by atoms with E-state index in [4.69, 9.17) is 18.4 Å². The Labute approximate surface area is 175 Å². The Bertz CT molecular complexity index is 1030. The number of aromatic hydroxyl groups is 1. The summed E-state index contributed by atoms with van der Waals surface area (Å²) in [4.78, 5) is 12.3. The van der Waals surface area contributed by atoms with Crippen molar-refractivity contribution in [2.45, 2.75) is 12.8 Å². The molecule has 0 aliphatic carbocycles. The molecule has 0 spiro atoms. The first-order valence-corrected chi connectivity index (χ1v) is 11.1. The second-order valence-electron chi connectivity index (χ2n) is 7.18. The van der Waals surface area contributed by atoms with Crippen molar-refractivity contribution in [3.63, 3.8) is 0 Å². The average Bonchev–Trinajstić information content (AvgIpc) is 3.02. The molecule has 0 radical (unpaired) electrons. The van der Waals surface area contributed by atoms with Gasteiger partial charge in [0, 0.05) is 5.92 Å². The fourth-order valence-corrected chi connectivity index (χ4v) is 4.00. The maximum atomic E-state index is 12.3. The predicted octanol–water partition coefficient (Wildman–Crippen LogP) is 2.32. The minimum absolute atomic E-state index is 0.0373. The van der Waals surface area contributed by atoms with E-state index in [2.05, 4.69) is 0 Å². The molecule has 3 rings (SSSR count). The van der Waals surface area contributed by atoms with E-state index in [0.29, 0.717) is 30.9 Å². The third-order valence-electron chi connectivity index (χ3n) is 4.98. The second-order valence-corrected chi connectivity index (χ2v) is 8.76. The molecule has 162 valence electrons. The molecule has 1 aliphatic heterocycles. The van der Waals surface area contributed by atoms with Crippen molar-refractivity contribution in [2.75, 3.05) is 27.1 Å². The number of ether oxygens (including phenoxy) is 3. The molecular formula is C21H24O8S. The molecule has 1 heterocycles. The zero-order chi connectivity index (χ0) is 21.9. The van der Waals surface area contributed by atoms with E-state index >= 15 is 0 Å². The molecule has 30 heavy (non-hydrogen) atoms. The van der Waals surface area contributed by atoms with Gasteiger partial charge < -0.3 is 23.5 Å². The van der Waals surface area contributed by atoms with E-state index in [1.807, 2.05) is 0 Å². The fourth-order valence-electron chi connectivity index (χ4n) is 3.53. The number of methoxy groups -OCH3 is 2. The van der Waals surface area contributed by atoms with Gasteiger partial charge in [0.2, 0.25) is 0 Å². The summed E-state index contributed by atoms with van der Waals surface area (Å²) in [6.45, 7) is 0.294. The molecule has 0 unspecified atom stereocenters. The van der Waals surface area contributed by atoms with Gasteiger partial charge in [0.15, 0.2) is 23.0 Å². The zero-order valence-electron chi connectivity index (χ0n) is 17.0. The average molecular weight is 436 g/mol. The number of rotatable bonds is 8. The maximum absolute atomic E-state index is 12.3. The summed E-state index contributed by atoms with van der Waals surface area (Å²) >= 11 is 0. The summed E-state index contributed by atoms with van der Waals surface area (Å²) in [7, 11) is -0.781. The van der Waals surface area contributed by atoms with Gasteiger partial charge in [-0.05, 0) is 48.2 Å². The van der Waals surface area contributed by atoms with Crippen molar-refractivity contribution in [3.05, 3.63) is 47.5 Å². The second kappa shape index (κ2) is 8.83. The first kappa shape index (κ1) is 21.8. The van der Waals surface area contributed by atoms with Crippen LogP contribution in [0, 0.1) is 11.8 Å². The van der Waals surface area contributed by atoms with Crippen LogP contribution in [0.1, 0.15) is 11.1 Å². The van der Waals surface area contributed by atoms with Crippen molar-refractivity contribution in [1.82, 2.24) is 0 Å². The number of esters is 1. The molecule has 0 amide bonds. The monoisotopic (exact) mass is 436 g/mol. The molecule has 2 aromatic rings. The number of hydrogen-bond acceptors (Lipinski definition) is 8. The number of cyclic esters (lactones) is 1. The van der Waals surface area contributed by atoms with Crippen LogP contribution in [-0.4, -0.2) is 46.6 Å². The lowest BCUT2D eigenvalue weighted by Gasteiger charge is -2.17. The highest BCUT2D eigenvalue weighted by molar-refractivity contribution is 7.86. The minimum Gasteiger partial charge on any atom is -0.504 e. The lowest BCUT2D eigenvalue weighted by Crippen LogP contribution is -2.20. The van der Waals surface area contributed by atoms with E-state index in [9.17, 15) is 18.3 Å². The molecule has 1 aliphatic rings. The molecule has 2 aromatic carbocycles. The van der Waals surface area contributed by atoms with Crippen LogP contribution in [0.4, 0.5) is 0 Å². The standard InChI is InChI=1S/C21H24O8S/c1-26-19-10-14(4-6-17(19)22)9-16-15(12-28-21(16)23)8-13-5-7-18(20(11-13)27-2)29-30(3,24)25/h4-7,10-11,15-16,22H,8-9,12H2,1-3H3/t15-,16+/m0/s1. The number of phenolic OH excluding ortho intramolecular Hbond substituents is 1. The highest BCUT2D eigenvalue weighted by Gasteiger charge is 2.37. The minimum atomic E-state index is -3.68. The van der Waals surface area contributed by atoms with Crippen molar-refractivity contribution >= 4 is 16.1 Å². The molecule has 0 saturated carbocycles. The predicted molar refractivity (Wildman–Crippen MR) is 108 cm³/mol. The quantitative estimate of drug-likeness (QED) is 0.496. The molecule has 0 aromatic heterocycles. The van der Waals surface area contributed by atoms with Gasteiger partial charge in [-0.2, -0.15) is 8.42 Å². The van der Waals surface area contributed by atoms with Crippen molar-refractivity contribution in [3.8, 4) is 23.0 Å². The van der Waals surface area contributed by atoms with Crippen LogP contribution in [0.15, 0.2) is 36.4 Å². The molecule has 8 nitrogen and oxygen atoms in total. The Morgan fingerprint density at radius 1 is 1.00 bits per heavy atom. The lowest BCUT2D eigenvalue weighted by atomic mass is 9.85. The Morgan fingerprint density at radius 2 is 1.63 bits per heavy atom. The van der Waals surface area contributed by atoms with E-state index in [-0.39, 0.29) is 29.3 Å². The van der Waals surface area contributed by atoms with Crippen LogP contribution < -0.4 is 13.7 Å². The lowest BCUT2D eigenvalue weighted by molar-refractivity contribution is -0.141. The van der Waals surface area contributed by atoms with E-state index < -0.39 is 10.1 Å². The van der Waals surface area contributed by atoms with Crippen LogP contribution >= 0.6 is 0 Å². The van der Waals surface area contributed by atoms with Crippen molar-refractivity contribution < 1.29 is 36.7 Å². The zero-order valence-corrected chi connectivity index (χ0v) is 17.8. The van der Waals surface area contributed by atoms with Gasteiger partial charge in [-0.25, -0.2) is 0 Å². The van der Waals surface area contributed by atoms with E-state index in [0.717, 1.165) is 17.4 Å². The highest BCUT2D eigenvalue weighted by atomic mass is 32.2. The van der Waals surface area contributed by atoms with E-state index in [1.54, 1.807) is 24.3 Å². The molecule has 1 fully saturated rings. The van der Waals surface area contributed by atoms with Gasteiger partial charge in [-0.3, -0.25) is 4.79 Å². The van der Waals surface area contributed by atoms with Crippen LogP contribution in [0.5, 0.6) is 23.0 Å². The topological polar surface area (TPSA) is 108 Å². The first-order valence-electron chi connectivity index (χ1n) is 9.29. The Balaban J connectivity index is 1.77. The molecule has 1 saturated heterocycles. The normalized spacial score (nSPS) is 18.7. The van der Waals surface area contributed by atoms with Crippen LogP contribution in [0.2, 0.25) is 0 Å². The van der Waals surface area contributed by atoms with Crippen LogP contribution in [0.3, 0.4) is 0 Å². The number of carbonyl (C=O) groups excluding carboxylic acids is 1. The summed E-state index contributed by atoms with van der Waals surface area (Å²) in [5.74, 6) is 0.104. The summed E-state index contributed by atoms with van der Waals surface area (Å²) in [6.07, 6.45) is 1.96. The number of hydrogen-bond donors (Lipinski definition) is 1. The Hall–Kier alpha value is -2.94. The fraction of sp³-hybridized carbons (Fsp3) is 0.381. The van der Waals surface area contributed by atoms with Gasteiger partial charge in [0.25, 0.3) is 0 Å². The molecule has 2 atom stereocenters. The van der Waals surface area contributed by atoms with Gasteiger partial charge in [-0.15, -0.1) is 0 Å². The summed E-state index contributed by atoms with van der Waals surface area (Å²) in [6, 6.07) is 9.97. The smallest absolute Gasteiger partial charge is 0.309 e. The van der Waals surface area contributed by atoms with Crippen molar-refractivity contribution in [1.29, 1.82) is 0 Å². The van der Waals surface area contributed by atoms with Gasteiger partial charge in [-0.1, -0.05) is 12.1 Å². The molecule has 9 heteroatoms. The first-order chi connectivity index (χ1) is 14.2. The maximum Gasteiger partial charge on any atom is 0.309 e. The SMILES string of the molecule is COc1cc(C[C@H]2C(=O)OC[C@@H]2Cc2ccc(OS(C)(=O)=O)c(OC)c2)ccc1O. The van der Waals surface area contributed by atoms with Gasteiger partial charge in [0.1, 0.15) is 0 Å². The molecule has 1 N–H and O–H groups in total. The Morgan fingerprint density at radius 3 is 2.30 bits per heavy atom. The highest BCUT2D eigenvalue weighted by Crippen LogP contribution is 2.35. The van der Waals surface area contributed by atoms with Gasteiger partial charge >= 0.3 is 16.1 Å². The molecular weight excluding hydrogens is 412 g/mol. The summed E-state index contributed by atoms with van der Waals surface area (Å²) < 4.78 is 43.4. The van der Waals surface area contributed by atoms with Gasteiger partial charge in [0.05, 0.1) is 33.0 Å². The Kier molecular flexibility index (Phi) is 6.40.